The largest absolute Gasteiger partial charge is 0.381 e. The number of halogens is 1. The number of nitrogens with one attached hydrogen (secondary N) is 1. The third kappa shape index (κ3) is 1.45. The highest BCUT2D eigenvalue weighted by Crippen LogP contribution is 2.50. The van der Waals surface area contributed by atoms with Crippen LogP contribution >= 0.6 is 15.9 Å². The molecule has 1 aliphatic heterocycles. The van der Waals surface area contributed by atoms with E-state index in [-0.39, 0.29) is 0 Å². The van der Waals surface area contributed by atoms with Gasteiger partial charge >= 0.3 is 0 Å². The molecule has 86 valence electrons. The maximum absolute atomic E-state index is 3.57. The van der Waals surface area contributed by atoms with Gasteiger partial charge in [0.1, 0.15) is 0 Å². The molecule has 1 aromatic rings. The third-order valence-corrected chi connectivity index (χ3v) is 4.18. The quantitative estimate of drug-likeness (QED) is 0.845. The van der Waals surface area contributed by atoms with Crippen LogP contribution in [0.4, 0.5) is 11.4 Å². The van der Waals surface area contributed by atoms with Crippen molar-refractivity contribution in [3.8, 4) is 0 Å². The van der Waals surface area contributed by atoms with Gasteiger partial charge in [0.15, 0.2) is 0 Å². The zero-order chi connectivity index (χ0) is 11.3. The van der Waals surface area contributed by atoms with E-state index >= 15 is 0 Å². The first-order chi connectivity index (χ1) is 7.62. The molecule has 1 spiro atoms. The summed E-state index contributed by atoms with van der Waals surface area (Å²) in [5.41, 5.74) is 3.03. The first kappa shape index (κ1) is 10.5. The molecule has 0 amide bonds. The molecule has 0 bridgehead atoms. The van der Waals surface area contributed by atoms with Crippen LogP contribution in [0.5, 0.6) is 0 Å². The summed E-state index contributed by atoms with van der Waals surface area (Å²) in [6, 6.07) is 7.08. The molecule has 1 aromatic carbocycles. The van der Waals surface area contributed by atoms with Gasteiger partial charge in [0.2, 0.25) is 0 Å². The summed E-state index contributed by atoms with van der Waals surface area (Å²) in [5, 5.41) is 3.56. The lowest BCUT2D eigenvalue weighted by molar-refractivity contribution is 0.538. The number of rotatable bonds is 1. The molecule has 2 nitrogen and oxygen atoms in total. The normalized spacial score (nSPS) is 20.9. The van der Waals surface area contributed by atoms with Crippen molar-refractivity contribution in [1.82, 2.24) is 0 Å². The summed E-state index contributed by atoms with van der Waals surface area (Å²) in [6.07, 6.45) is 2.65. The van der Waals surface area contributed by atoms with Crippen LogP contribution in [0.1, 0.15) is 26.7 Å². The van der Waals surface area contributed by atoms with Crippen LogP contribution in [-0.2, 0) is 0 Å². The SMILES string of the molecule is CC(C)N1c2cc(Br)ccc2NCC12CC2. The Morgan fingerprint density at radius 2 is 2.12 bits per heavy atom. The van der Waals surface area contributed by atoms with Crippen molar-refractivity contribution in [2.75, 3.05) is 16.8 Å². The second kappa shape index (κ2) is 3.39. The molecular weight excluding hydrogens is 264 g/mol. The second-order valence-corrected chi connectivity index (χ2v) is 6.12. The monoisotopic (exact) mass is 280 g/mol. The smallest absolute Gasteiger partial charge is 0.0620 e. The highest BCUT2D eigenvalue weighted by Gasteiger charge is 2.51. The standard InChI is InChI=1S/C13H17BrN2/c1-9(2)16-12-7-10(14)3-4-11(12)15-8-13(16)5-6-13/h3-4,7,9,15H,5-6,8H2,1-2H3. The van der Waals surface area contributed by atoms with Crippen molar-refractivity contribution in [2.45, 2.75) is 38.3 Å². The van der Waals surface area contributed by atoms with Crippen molar-refractivity contribution in [2.24, 2.45) is 0 Å². The first-order valence-corrected chi connectivity index (χ1v) is 6.74. The average molecular weight is 281 g/mol. The molecule has 3 heteroatoms. The molecule has 1 N–H and O–H groups in total. The summed E-state index contributed by atoms with van der Waals surface area (Å²) >= 11 is 3.57. The molecule has 16 heavy (non-hydrogen) atoms. The highest BCUT2D eigenvalue weighted by atomic mass is 79.9. The van der Waals surface area contributed by atoms with E-state index in [0.29, 0.717) is 11.6 Å². The number of nitrogens with zero attached hydrogens (tertiary/aromatic N) is 1. The molecule has 1 aliphatic carbocycles. The van der Waals surface area contributed by atoms with Crippen molar-refractivity contribution < 1.29 is 0 Å². The lowest BCUT2D eigenvalue weighted by atomic mass is 10.0. The molecule has 3 rings (SSSR count). The van der Waals surface area contributed by atoms with E-state index in [1.807, 2.05) is 0 Å². The molecule has 0 aromatic heterocycles. The Bertz CT molecular complexity index is 424. The number of fused-ring (bicyclic) bond motifs is 1. The highest BCUT2D eigenvalue weighted by molar-refractivity contribution is 9.10. The second-order valence-electron chi connectivity index (χ2n) is 5.20. The lowest BCUT2D eigenvalue weighted by Gasteiger charge is -2.43. The lowest BCUT2D eigenvalue weighted by Crippen LogP contribution is -2.49. The molecule has 1 saturated carbocycles. The molecule has 0 atom stereocenters. The minimum atomic E-state index is 0.405. The summed E-state index contributed by atoms with van der Waals surface area (Å²) in [7, 11) is 0. The Kier molecular flexibility index (Phi) is 2.22. The van der Waals surface area contributed by atoms with Crippen molar-refractivity contribution in [3.63, 3.8) is 0 Å². The zero-order valence-electron chi connectivity index (χ0n) is 9.76. The third-order valence-electron chi connectivity index (χ3n) is 3.68. The van der Waals surface area contributed by atoms with Gasteiger partial charge in [-0.05, 0) is 44.9 Å². The van der Waals surface area contributed by atoms with Gasteiger partial charge in [0.05, 0.1) is 16.9 Å². The Hall–Kier alpha value is -0.700. The predicted molar refractivity (Wildman–Crippen MR) is 72.2 cm³/mol. The van der Waals surface area contributed by atoms with E-state index in [1.54, 1.807) is 0 Å². The molecule has 0 unspecified atom stereocenters. The maximum Gasteiger partial charge on any atom is 0.0620 e. The van der Waals surface area contributed by atoms with Gasteiger partial charge < -0.3 is 10.2 Å². The van der Waals surface area contributed by atoms with Crippen LogP contribution in [0.2, 0.25) is 0 Å². The molecular formula is C13H17BrN2. The fourth-order valence-corrected chi connectivity index (χ4v) is 3.19. The van der Waals surface area contributed by atoms with Crippen LogP contribution in [0.25, 0.3) is 0 Å². The minimum Gasteiger partial charge on any atom is -0.381 e. The van der Waals surface area contributed by atoms with Gasteiger partial charge in [-0.1, -0.05) is 15.9 Å². The Morgan fingerprint density at radius 1 is 1.38 bits per heavy atom. The summed E-state index contributed by atoms with van der Waals surface area (Å²) in [4.78, 5) is 2.60. The van der Waals surface area contributed by atoms with E-state index in [2.05, 4.69) is 58.2 Å². The predicted octanol–water partition coefficient (Wildman–Crippen LogP) is 3.62. The Morgan fingerprint density at radius 3 is 2.75 bits per heavy atom. The zero-order valence-corrected chi connectivity index (χ0v) is 11.3. The number of hydrogen-bond donors (Lipinski definition) is 1. The fraction of sp³-hybridized carbons (Fsp3) is 0.538. The van der Waals surface area contributed by atoms with E-state index in [0.717, 1.165) is 11.0 Å². The minimum absolute atomic E-state index is 0.405. The van der Waals surface area contributed by atoms with Gasteiger partial charge in [0, 0.05) is 17.1 Å². The topological polar surface area (TPSA) is 15.3 Å². The van der Waals surface area contributed by atoms with Crippen LogP contribution < -0.4 is 10.2 Å². The first-order valence-electron chi connectivity index (χ1n) is 5.95. The van der Waals surface area contributed by atoms with Gasteiger partial charge in [-0.3, -0.25) is 0 Å². The van der Waals surface area contributed by atoms with Crippen LogP contribution in [0, 0.1) is 0 Å². The van der Waals surface area contributed by atoms with E-state index in [9.17, 15) is 0 Å². The molecule has 1 heterocycles. The van der Waals surface area contributed by atoms with Crippen LogP contribution in [0.3, 0.4) is 0 Å². The molecule has 0 radical (unpaired) electrons. The van der Waals surface area contributed by atoms with Crippen LogP contribution in [0.15, 0.2) is 22.7 Å². The fourth-order valence-electron chi connectivity index (χ4n) is 2.84. The van der Waals surface area contributed by atoms with Crippen LogP contribution in [-0.4, -0.2) is 18.1 Å². The van der Waals surface area contributed by atoms with Crippen molar-refractivity contribution in [3.05, 3.63) is 22.7 Å². The van der Waals surface area contributed by atoms with E-state index in [4.69, 9.17) is 0 Å². The van der Waals surface area contributed by atoms with Gasteiger partial charge in [-0.2, -0.15) is 0 Å². The number of benzene rings is 1. The molecule has 0 saturated heterocycles. The van der Waals surface area contributed by atoms with Gasteiger partial charge in [0.25, 0.3) is 0 Å². The van der Waals surface area contributed by atoms with Crippen molar-refractivity contribution in [1.29, 1.82) is 0 Å². The van der Waals surface area contributed by atoms with Gasteiger partial charge in [-0.15, -0.1) is 0 Å². The maximum atomic E-state index is 3.57. The average Bonchev–Trinajstić information content (AvgIpc) is 2.97. The van der Waals surface area contributed by atoms with Crippen molar-refractivity contribution >= 4 is 27.3 Å². The van der Waals surface area contributed by atoms with E-state index < -0.39 is 0 Å². The Labute approximate surface area is 105 Å². The molecule has 2 aliphatic rings. The summed E-state index contributed by atoms with van der Waals surface area (Å²) < 4.78 is 1.16. The van der Waals surface area contributed by atoms with Gasteiger partial charge in [-0.25, -0.2) is 0 Å². The molecule has 1 fully saturated rings. The number of anilines is 2. The summed E-state index contributed by atoms with van der Waals surface area (Å²) in [6.45, 7) is 5.67. The number of hydrogen-bond acceptors (Lipinski definition) is 2. The summed E-state index contributed by atoms with van der Waals surface area (Å²) in [5.74, 6) is 0. The van der Waals surface area contributed by atoms with E-state index in [1.165, 1.54) is 24.2 Å². The Balaban J connectivity index is 2.10.